The van der Waals surface area contributed by atoms with Crippen molar-refractivity contribution in [2.24, 2.45) is 0 Å². The molecule has 6 heteroatoms. The van der Waals surface area contributed by atoms with E-state index >= 15 is 0 Å². The molecule has 0 radical (unpaired) electrons. The topological polar surface area (TPSA) is 76.8 Å². The summed E-state index contributed by atoms with van der Waals surface area (Å²) in [6, 6.07) is 16.0. The van der Waals surface area contributed by atoms with Gasteiger partial charge in [0.2, 0.25) is 0 Å². The first-order valence-corrected chi connectivity index (χ1v) is 9.36. The highest BCUT2D eigenvalue weighted by atomic mass is 16.1. The first-order valence-electron chi connectivity index (χ1n) is 9.36. The second-order valence-corrected chi connectivity index (χ2v) is 6.94. The molecule has 3 N–H and O–H groups in total. The van der Waals surface area contributed by atoms with Gasteiger partial charge < -0.3 is 20.2 Å². The van der Waals surface area contributed by atoms with Gasteiger partial charge in [-0.3, -0.25) is 4.79 Å². The Hall–Kier alpha value is -3.12. The molecule has 5 rings (SSSR count). The third-order valence-corrected chi connectivity index (χ3v) is 5.19. The summed E-state index contributed by atoms with van der Waals surface area (Å²) in [7, 11) is 0. The molecule has 3 heterocycles. The van der Waals surface area contributed by atoms with Crippen molar-refractivity contribution in [1.29, 1.82) is 0 Å². The van der Waals surface area contributed by atoms with Crippen LogP contribution in [-0.2, 0) is 0 Å². The minimum absolute atomic E-state index is 0.117. The average molecular weight is 359 g/mol. The standard InChI is InChI=1S/C21H21N5O/c27-21-19(15-5-2-1-3-6-16(15)25-21)20-23-17-8-7-14(13-18(17)24-20)26-11-4-9-22-10-12-26/h1-3,5-8,13,22H,4,9-12H2,(H,23,24)(H,25,27). The molecule has 1 aliphatic carbocycles. The molecule has 0 amide bonds. The lowest BCUT2D eigenvalue weighted by molar-refractivity contribution is 0.724. The van der Waals surface area contributed by atoms with Crippen LogP contribution < -0.4 is 15.8 Å². The molecule has 0 unspecified atom stereocenters. The molecular formula is C21H21N5O. The molecule has 0 saturated carbocycles. The van der Waals surface area contributed by atoms with Crippen LogP contribution in [0.5, 0.6) is 0 Å². The summed E-state index contributed by atoms with van der Waals surface area (Å²) in [4.78, 5) is 25.9. The zero-order chi connectivity index (χ0) is 18.2. The van der Waals surface area contributed by atoms with Gasteiger partial charge in [-0.15, -0.1) is 0 Å². The van der Waals surface area contributed by atoms with E-state index in [4.69, 9.17) is 4.98 Å². The number of hydrogen-bond acceptors (Lipinski definition) is 4. The second-order valence-electron chi connectivity index (χ2n) is 6.94. The molecule has 0 atom stereocenters. The fourth-order valence-electron chi connectivity index (χ4n) is 3.83. The van der Waals surface area contributed by atoms with Crippen LogP contribution in [-0.4, -0.2) is 41.1 Å². The number of nitrogens with zero attached hydrogens (tertiary/aromatic N) is 2. The number of benzene rings is 1. The smallest absolute Gasteiger partial charge is 0.260 e. The number of anilines is 1. The van der Waals surface area contributed by atoms with E-state index in [1.165, 1.54) is 5.69 Å². The van der Waals surface area contributed by atoms with Gasteiger partial charge >= 0.3 is 0 Å². The van der Waals surface area contributed by atoms with Crippen molar-refractivity contribution in [3.8, 4) is 22.6 Å². The summed E-state index contributed by atoms with van der Waals surface area (Å²) in [5, 5.41) is 3.43. The maximum atomic E-state index is 12.5. The van der Waals surface area contributed by atoms with Crippen LogP contribution in [0.1, 0.15) is 6.42 Å². The van der Waals surface area contributed by atoms with Crippen molar-refractivity contribution in [3.05, 3.63) is 58.9 Å². The summed E-state index contributed by atoms with van der Waals surface area (Å²) in [5.74, 6) is 0.613. The molecule has 1 saturated heterocycles. The summed E-state index contributed by atoms with van der Waals surface area (Å²) in [6.07, 6.45) is 1.13. The zero-order valence-electron chi connectivity index (χ0n) is 15.0. The molecule has 1 fully saturated rings. The Morgan fingerprint density at radius 3 is 2.85 bits per heavy atom. The van der Waals surface area contributed by atoms with E-state index in [2.05, 4.69) is 38.4 Å². The highest BCUT2D eigenvalue weighted by Crippen LogP contribution is 2.30. The third kappa shape index (κ3) is 2.88. The molecule has 0 spiro atoms. The maximum absolute atomic E-state index is 12.5. The van der Waals surface area contributed by atoms with Crippen LogP contribution in [0.3, 0.4) is 0 Å². The van der Waals surface area contributed by atoms with Gasteiger partial charge in [-0.05, 0) is 37.2 Å². The normalized spacial score (nSPS) is 15.3. The van der Waals surface area contributed by atoms with Crippen molar-refractivity contribution in [1.82, 2.24) is 20.3 Å². The quantitative estimate of drug-likeness (QED) is 0.514. The molecular weight excluding hydrogens is 338 g/mol. The Bertz CT molecular complexity index is 1120. The van der Waals surface area contributed by atoms with Gasteiger partial charge in [0.15, 0.2) is 0 Å². The van der Waals surface area contributed by atoms with E-state index in [0.717, 1.165) is 54.9 Å². The van der Waals surface area contributed by atoms with Crippen LogP contribution in [0, 0.1) is 0 Å². The minimum atomic E-state index is -0.117. The van der Waals surface area contributed by atoms with Crippen LogP contribution in [0.4, 0.5) is 5.69 Å². The molecule has 27 heavy (non-hydrogen) atoms. The van der Waals surface area contributed by atoms with Gasteiger partial charge in [0.1, 0.15) is 5.82 Å². The number of fused-ring (bicyclic) bond motifs is 2. The lowest BCUT2D eigenvalue weighted by Crippen LogP contribution is -2.27. The predicted molar refractivity (Wildman–Crippen MR) is 108 cm³/mol. The molecule has 2 aromatic rings. The Morgan fingerprint density at radius 1 is 0.963 bits per heavy atom. The van der Waals surface area contributed by atoms with Crippen LogP contribution in [0.2, 0.25) is 0 Å². The van der Waals surface area contributed by atoms with Gasteiger partial charge in [0, 0.05) is 36.6 Å². The highest BCUT2D eigenvalue weighted by molar-refractivity contribution is 5.87. The Kier molecular flexibility index (Phi) is 3.90. The van der Waals surface area contributed by atoms with Gasteiger partial charge in [0.25, 0.3) is 5.56 Å². The Morgan fingerprint density at radius 2 is 1.89 bits per heavy atom. The number of rotatable bonds is 2. The summed E-state index contributed by atoms with van der Waals surface area (Å²) in [5.41, 5.74) is 5.18. The van der Waals surface area contributed by atoms with E-state index in [0.29, 0.717) is 11.4 Å². The fraction of sp³-hybridized carbons (Fsp3) is 0.238. The number of imidazole rings is 1. The third-order valence-electron chi connectivity index (χ3n) is 5.19. The number of H-pyrrole nitrogens is 2. The second kappa shape index (κ2) is 6.55. The summed E-state index contributed by atoms with van der Waals surface area (Å²) >= 11 is 0. The molecule has 6 nitrogen and oxygen atoms in total. The lowest BCUT2D eigenvalue weighted by atomic mass is 10.1. The van der Waals surface area contributed by atoms with Crippen molar-refractivity contribution >= 4 is 16.7 Å². The lowest BCUT2D eigenvalue weighted by Gasteiger charge is -2.22. The van der Waals surface area contributed by atoms with Crippen LogP contribution in [0.25, 0.3) is 33.7 Å². The van der Waals surface area contributed by atoms with Gasteiger partial charge in [-0.1, -0.05) is 24.3 Å². The van der Waals surface area contributed by atoms with E-state index in [1.54, 1.807) is 0 Å². The Labute approximate surface area is 156 Å². The summed E-state index contributed by atoms with van der Waals surface area (Å²) < 4.78 is 0. The van der Waals surface area contributed by atoms with Gasteiger partial charge in [0.05, 0.1) is 16.6 Å². The van der Waals surface area contributed by atoms with E-state index in [-0.39, 0.29) is 5.56 Å². The van der Waals surface area contributed by atoms with Crippen molar-refractivity contribution in [2.75, 3.05) is 31.1 Å². The fourth-order valence-corrected chi connectivity index (χ4v) is 3.83. The number of hydrogen-bond donors (Lipinski definition) is 3. The van der Waals surface area contributed by atoms with E-state index < -0.39 is 0 Å². The maximum Gasteiger partial charge on any atom is 0.260 e. The Balaban J connectivity index is 1.58. The largest absolute Gasteiger partial charge is 0.370 e. The van der Waals surface area contributed by atoms with E-state index in [9.17, 15) is 4.79 Å². The first-order chi connectivity index (χ1) is 13.3. The minimum Gasteiger partial charge on any atom is -0.370 e. The highest BCUT2D eigenvalue weighted by Gasteiger charge is 2.19. The van der Waals surface area contributed by atoms with Gasteiger partial charge in [-0.25, -0.2) is 4.98 Å². The molecule has 136 valence electrons. The van der Waals surface area contributed by atoms with Gasteiger partial charge in [-0.2, -0.15) is 0 Å². The predicted octanol–water partition coefficient (Wildman–Crippen LogP) is 2.82. The SMILES string of the molecule is O=c1[nH]c2cccccc-2c1-c1nc2cc(N3CCCNCC3)ccc2[nH]1. The monoisotopic (exact) mass is 359 g/mol. The van der Waals surface area contributed by atoms with Crippen LogP contribution in [0.15, 0.2) is 53.3 Å². The van der Waals surface area contributed by atoms with Crippen LogP contribution >= 0.6 is 0 Å². The summed E-state index contributed by atoms with van der Waals surface area (Å²) in [6.45, 7) is 4.09. The van der Waals surface area contributed by atoms with Crippen molar-refractivity contribution < 1.29 is 0 Å². The molecule has 3 aliphatic rings. The van der Waals surface area contributed by atoms with Crippen molar-refractivity contribution in [3.63, 3.8) is 0 Å². The number of aromatic nitrogens is 3. The molecule has 1 aromatic carbocycles. The zero-order valence-corrected chi connectivity index (χ0v) is 15.0. The molecule has 2 aliphatic heterocycles. The van der Waals surface area contributed by atoms with Crippen molar-refractivity contribution in [2.45, 2.75) is 6.42 Å². The van der Waals surface area contributed by atoms with E-state index in [1.807, 2.05) is 30.3 Å². The number of aromatic amines is 2. The average Bonchev–Trinajstić information content (AvgIpc) is 2.97. The first kappa shape index (κ1) is 16.1. The molecule has 1 aromatic heterocycles. The molecule has 0 bridgehead atoms. The number of nitrogens with one attached hydrogen (secondary N) is 3.